The maximum atomic E-state index is 12.9. The van der Waals surface area contributed by atoms with Crippen LogP contribution in [0.4, 0.5) is 5.69 Å². The summed E-state index contributed by atoms with van der Waals surface area (Å²) in [5.74, 6) is -0.119. The molecule has 184 valence electrons. The minimum Gasteiger partial charge on any atom is -0.343 e. The van der Waals surface area contributed by atoms with Crippen molar-refractivity contribution in [3.8, 4) is 0 Å². The maximum Gasteiger partial charge on any atom is 0.246 e. The zero-order valence-electron chi connectivity index (χ0n) is 20.7. The summed E-state index contributed by atoms with van der Waals surface area (Å²) in [6, 6.07) is 21.4. The molecule has 1 heterocycles. The summed E-state index contributed by atoms with van der Waals surface area (Å²) in [6.07, 6.45) is 0.696. The first kappa shape index (κ1) is 25.9. The lowest BCUT2D eigenvalue weighted by Crippen LogP contribution is -2.52. The fraction of sp³-hybridized carbons (Fsp3) is 0.321. The standard InChI is InChI=1S/C17H25N3O2.C11H9NO/c1-11(2)16(19-15(21)9-18-4)17(22)20-10-13-7-5-6-8-14(13)12(20)3;13-8-12-11-7-3-5-9-4-1-2-6-10(9)11/h5-8,11-12,16,18H,9-10H2,1-4H3,(H,19,21);1-8H,(H,12,13). The van der Waals surface area contributed by atoms with Crippen LogP contribution in [0.1, 0.15) is 37.9 Å². The third kappa shape index (κ3) is 6.25. The molecule has 0 bridgehead atoms. The first-order valence-electron chi connectivity index (χ1n) is 11.9. The van der Waals surface area contributed by atoms with Crippen LogP contribution in [0.25, 0.3) is 10.8 Å². The van der Waals surface area contributed by atoms with Crippen LogP contribution in [0.2, 0.25) is 0 Å². The van der Waals surface area contributed by atoms with Gasteiger partial charge in [-0.3, -0.25) is 14.4 Å². The number of rotatable bonds is 7. The molecule has 0 fully saturated rings. The van der Waals surface area contributed by atoms with Gasteiger partial charge in [0.15, 0.2) is 0 Å². The van der Waals surface area contributed by atoms with Crippen molar-refractivity contribution in [1.29, 1.82) is 0 Å². The summed E-state index contributed by atoms with van der Waals surface area (Å²) in [5.41, 5.74) is 3.24. The molecule has 7 heteroatoms. The van der Waals surface area contributed by atoms with E-state index in [-0.39, 0.29) is 30.3 Å². The maximum absolute atomic E-state index is 12.9. The van der Waals surface area contributed by atoms with Gasteiger partial charge in [0.1, 0.15) is 6.04 Å². The predicted molar refractivity (Wildman–Crippen MR) is 140 cm³/mol. The van der Waals surface area contributed by atoms with Crippen LogP contribution in [-0.4, -0.2) is 42.8 Å². The van der Waals surface area contributed by atoms with Gasteiger partial charge < -0.3 is 20.9 Å². The van der Waals surface area contributed by atoms with Crippen molar-refractivity contribution in [2.75, 3.05) is 18.9 Å². The van der Waals surface area contributed by atoms with E-state index in [1.807, 2.05) is 80.3 Å². The van der Waals surface area contributed by atoms with E-state index in [1.54, 1.807) is 7.05 Å². The number of carbonyl (C=O) groups excluding carboxylic acids is 3. The first-order chi connectivity index (χ1) is 16.9. The molecule has 4 rings (SSSR count). The largest absolute Gasteiger partial charge is 0.343 e. The molecule has 2 unspecified atom stereocenters. The molecule has 7 nitrogen and oxygen atoms in total. The van der Waals surface area contributed by atoms with Crippen LogP contribution < -0.4 is 16.0 Å². The van der Waals surface area contributed by atoms with Gasteiger partial charge in [-0.25, -0.2) is 0 Å². The molecule has 3 amide bonds. The normalized spacial score (nSPS) is 15.1. The highest BCUT2D eigenvalue weighted by Gasteiger charge is 2.35. The van der Waals surface area contributed by atoms with Crippen LogP contribution in [0.3, 0.4) is 0 Å². The lowest BCUT2D eigenvalue weighted by Gasteiger charge is -2.29. The molecule has 0 saturated carbocycles. The molecule has 3 N–H and O–H groups in total. The highest BCUT2D eigenvalue weighted by molar-refractivity contribution is 5.97. The fourth-order valence-corrected chi connectivity index (χ4v) is 4.33. The number of hydrogen-bond acceptors (Lipinski definition) is 4. The number of fused-ring (bicyclic) bond motifs is 2. The van der Waals surface area contributed by atoms with Crippen molar-refractivity contribution in [2.45, 2.75) is 39.4 Å². The van der Waals surface area contributed by atoms with Gasteiger partial charge in [0.05, 0.1) is 12.6 Å². The number of amides is 3. The van der Waals surface area contributed by atoms with E-state index in [4.69, 9.17) is 0 Å². The van der Waals surface area contributed by atoms with E-state index in [0.717, 1.165) is 16.5 Å². The number of nitrogens with one attached hydrogen (secondary N) is 3. The van der Waals surface area contributed by atoms with Crippen molar-refractivity contribution in [2.24, 2.45) is 5.92 Å². The van der Waals surface area contributed by atoms with Gasteiger partial charge in [0.25, 0.3) is 0 Å². The molecule has 0 spiro atoms. The number of nitrogens with zero attached hydrogens (tertiary/aromatic N) is 1. The van der Waals surface area contributed by atoms with Gasteiger partial charge in [-0.1, -0.05) is 74.5 Å². The smallest absolute Gasteiger partial charge is 0.246 e. The Morgan fingerprint density at radius 3 is 2.40 bits per heavy atom. The molecule has 3 aromatic carbocycles. The second-order valence-corrected chi connectivity index (χ2v) is 8.95. The first-order valence-corrected chi connectivity index (χ1v) is 11.9. The Morgan fingerprint density at radius 1 is 1.03 bits per heavy atom. The molecule has 0 radical (unpaired) electrons. The summed E-state index contributed by atoms with van der Waals surface area (Å²) in [4.78, 5) is 36.9. The number of likely N-dealkylation sites (N-methyl/N-ethyl adjacent to an activating group) is 1. The SMILES string of the molecule is CNCC(=O)NC(C(=O)N1Cc2ccccc2C1C)C(C)C.O=CNc1cccc2ccccc12. The number of anilines is 1. The average molecular weight is 475 g/mol. The molecular weight excluding hydrogens is 440 g/mol. The minimum atomic E-state index is -0.488. The second kappa shape index (κ2) is 12.1. The van der Waals surface area contributed by atoms with Crippen LogP contribution >= 0.6 is 0 Å². The summed E-state index contributed by atoms with van der Waals surface area (Å²) < 4.78 is 0. The Hall–Kier alpha value is -3.71. The lowest BCUT2D eigenvalue weighted by molar-refractivity contribution is -0.139. The Kier molecular flexibility index (Phi) is 8.98. The van der Waals surface area contributed by atoms with Crippen molar-refractivity contribution in [3.05, 3.63) is 77.9 Å². The zero-order chi connectivity index (χ0) is 25.4. The van der Waals surface area contributed by atoms with E-state index in [9.17, 15) is 14.4 Å². The molecule has 0 saturated heterocycles. The Labute approximate surface area is 206 Å². The molecule has 1 aliphatic heterocycles. The van der Waals surface area contributed by atoms with E-state index in [1.165, 1.54) is 11.1 Å². The molecule has 3 aromatic rings. The monoisotopic (exact) mass is 474 g/mol. The van der Waals surface area contributed by atoms with E-state index < -0.39 is 6.04 Å². The lowest BCUT2D eigenvalue weighted by atomic mass is 10.0. The van der Waals surface area contributed by atoms with E-state index in [2.05, 4.69) is 28.1 Å². The van der Waals surface area contributed by atoms with Crippen LogP contribution in [0.15, 0.2) is 66.7 Å². The van der Waals surface area contributed by atoms with Crippen LogP contribution in [0.5, 0.6) is 0 Å². The summed E-state index contributed by atoms with van der Waals surface area (Å²) in [7, 11) is 1.71. The van der Waals surface area contributed by atoms with Gasteiger partial charge in [0, 0.05) is 17.6 Å². The Balaban J connectivity index is 0.000000223. The van der Waals surface area contributed by atoms with Gasteiger partial charge in [-0.2, -0.15) is 0 Å². The van der Waals surface area contributed by atoms with Gasteiger partial charge in [-0.15, -0.1) is 0 Å². The molecule has 35 heavy (non-hydrogen) atoms. The third-order valence-corrected chi connectivity index (χ3v) is 6.19. The molecule has 0 aliphatic carbocycles. The zero-order valence-corrected chi connectivity index (χ0v) is 20.7. The Morgan fingerprint density at radius 2 is 1.71 bits per heavy atom. The van der Waals surface area contributed by atoms with E-state index in [0.29, 0.717) is 13.0 Å². The fourth-order valence-electron chi connectivity index (χ4n) is 4.33. The number of hydrogen-bond donors (Lipinski definition) is 3. The third-order valence-electron chi connectivity index (χ3n) is 6.19. The van der Waals surface area contributed by atoms with Crippen molar-refractivity contribution < 1.29 is 14.4 Å². The van der Waals surface area contributed by atoms with Gasteiger partial charge in [-0.05, 0) is 42.5 Å². The highest BCUT2D eigenvalue weighted by atomic mass is 16.2. The Bertz CT molecular complexity index is 1170. The van der Waals surface area contributed by atoms with Gasteiger partial charge >= 0.3 is 0 Å². The molecular formula is C28H34N4O3. The topological polar surface area (TPSA) is 90.5 Å². The summed E-state index contributed by atoms with van der Waals surface area (Å²) in [6.45, 7) is 6.77. The van der Waals surface area contributed by atoms with Crippen LogP contribution in [0, 0.1) is 5.92 Å². The molecule has 1 aliphatic rings. The van der Waals surface area contributed by atoms with Crippen molar-refractivity contribution >= 4 is 34.7 Å². The quantitative estimate of drug-likeness (QED) is 0.454. The van der Waals surface area contributed by atoms with Crippen molar-refractivity contribution in [3.63, 3.8) is 0 Å². The molecule has 2 atom stereocenters. The minimum absolute atomic E-state index is 0.0110. The van der Waals surface area contributed by atoms with Crippen LogP contribution in [-0.2, 0) is 20.9 Å². The summed E-state index contributed by atoms with van der Waals surface area (Å²) in [5, 5.41) is 10.5. The number of benzene rings is 3. The second-order valence-electron chi connectivity index (χ2n) is 8.95. The predicted octanol–water partition coefficient (Wildman–Crippen LogP) is 3.86. The van der Waals surface area contributed by atoms with Crippen molar-refractivity contribution in [1.82, 2.24) is 15.5 Å². The average Bonchev–Trinajstić information content (AvgIpc) is 3.19. The highest BCUT2D eigenvalue weighted by Crippen LogP contribution is 2.33. The number of carbonyl (C=O) groups is 3. The summed E-state index contributed by atoms with van der Waals surface area (Å²) >= 11 is 0. The molecule has 0 aromatic heterocycles. The van der Waals surface area contributed by atoms with E-state index >= 15 is 0 Å². The van der Waals surface area contributed by atoms with Gasteiger partial charge in [0.2, 0.25) is 18.2 Å².